The minimum atomic E-state index is 0. The molecule has 0 saturated carbocycles. The van der Waals surface area contributed by atoms with Crippen LogP contribution in [0.1, 0.15) is 29.2 Å². The molecular formula is C21H29IN4O. The number of hydrogen-bond acceptors (Lipinski definition) is 3. The van der Waals surface area contributed by atoms with E-state index >= 15 is 0 Å². The zero-order chi connectivity index (χ0) is 18.4. The predicted molar refractivity (Wildman–Crippen MR) is 121 cm³/mol. The summed E-state index contributed by atoms with van der Waals surface area (Å²) in [5, 5.41) is 3.49. The summed E-state index contributed by atoms with van der Waals surface area (Å²) < 4.78 is 5.25. The summed E-state index contributed by atoms with van der Waals surface area (Å²) in [6.45, 7) is 4.90. The van der Waals surface area contributed by atoms with Crippen LogP contribution < -0.4 is 10.1 Å². The van der Waals surface area contributed by atoms with Gasteiger partial charge in [-0.2, -0.15) is 0 Å². The molecule has 1 aromatic heterocycles. The molecule has 0 spiro atoms. The van der Waals surface area contributed by atoms with Crippen molar-refractivity contribution in [2.24, 2.45) is 4.99 Å². The second kappa shape index (κ2) is 10.5. The monoisotopic (exact) mass is 480 g/mol. The van der Waals surface area contributed by atoms with Crippen LogP contribution in [0.15, 0.2) is 47.6 Å². The van der Waals surface area contributed by atoms with Gasteiger partial charge in [-0.1, -0.05) is 18.2 Å². The van der Waals surface area contributed by atoms with E-state index in [0.29, 0.717) is 5.92 Å². The first-order valence-corrected chi connectivity index (χ1v) is 9.20. The minimum absolute atomic E-state index is 0. The van der Waals surface area contributed by atoms with Gasteiger partial charge in [-0.05, 0) is 49.1 Å². The van der Waals surface area contributed by atoms with E-state index in [4.69, 9.17) is 4.74 Å². The Morgan fingerprint density at radius 3 is 2.67 bits per heavy atom. The van der Waals surface area contributed by atoms with Crippen LogP contribution in [-0.2, 0) is 6.42 Å². The molecule has 5 nitrogen and oxygen atoms in total. The van der Waals surface area contributed by atoms with Gasteiger partial charge >= 0.3 is 0 Å². The van der Waals surface area contributed by atoms with E-state index < -0.39 is 0 Å². The van der Waals surface area contributed by atoms with E-state index in [1.165, 1.54) is 11.1 Å². The number of pyridine rings is 1. The number of rotatable bonds is 5. The zero-order valence-electron chi connectivity index (χ0n) is 16.3. The molecule has 1 N–H and O–H groups in total. The third kappa shape index (κ3) is 5.82. The number of nitrogens with one attached hydrogen (secondary N) is 1. The Hall–Kier alpha value is -1.83. The molecule has 1 fully saturated rings. The molecule has 0 aliphatic carbocycles. The Morgan fingerprint density at radius 1 is 1.26 bits per heavy atom. The largest absolute Gasteiger partial charge is 0.497 e. The van der Waals surface area contributed by atoms with Crippen LogP contribution in [0.5, 0.6) is 5.75 Å². The van der Waals surface area contributed by atoms with Crippen LogP contribution in [0.2, 0.25) is 0 Å². The van der Waals surface area contributed by atoms with Gasteiger partial charge in [-0.15, -0.1) is 24.0 Å². The van der Waals surface area contributed by atoms with Crippen LogP contribution in [0, 0.1) is 6.92 Å². The third-order valence-electron chi connectivity index (χ3n) is 4.96. The number of aromatic nitrogens is 1. The van der Waals surface area contributed by atoms with E-state index in [2.05, 4.69) is 44.5 Å². The quantitative estimate of drug-likeness (QED) is 0.404. The molecule has 6 heteroatoms. The average molecular weight is 480 g/mol. The summed E-state index contributed by atoms with van der Waals surface area (Å²) in [4.78, 5) is 11.2. The Balaban J connectivity index is 0.00000261. The molecule has 2 aromatic rings. The summed E-state index contributed by atoms with van der Waals surface area (Å²) in [7, 11) is 3.56. The number of guanidine groups is 1. The summed E-state index contributed by atoms with van der Waals surface area (Å²) in [5.74, 6) is 2.44. The number of aryl methyl sites for hydroxylation is 1. The van der Waals surface area contributed by atoms with Crippen molar-refractivity contribution in [3.8, 4) is 5.75 Å². The lowest BCUT2D eigenvalue weighted by Gasteiger charge is -2.22. The predicted octanol–water partition coefficient (Wildman–Crippen LogP) is 3.62. The summed E-state index contributed by atoms with van der Waals surface area (Å²) in [6.07, 6.45) is 4.05. The molecule has 1 aromatic carbocycles. The van der Waals surface area contributed by atoms with Gasteiger partial charge in [0.1, 0.15) is 5.75 Å². The second-order valence-electron chi connectivity index (χ2n) is 6.74. The number of methoxy groups -OCH3 is 1. The molecule has 1 aliphatic heterocycles. The zero-order valence-corrected chi connectivity index (χ0v) is 18.6. The number of ether oxygens (including phenoxy) is 1. The van der Waals surface area contributed by atoms with Gasteiger partial charge in [0.2, 0.25) is 0 Å². The van der Waals surface area contributed by atoms with E-state index in [9.17, 15) is 0 Å². The Kier molecular flexibility index (Phi) is 8.34. The van der Waals surface area contributed by atoms with Gasteiger partial charge in [-0.25, -0.2) is 0 Å². The van der Waals surface area contributed by atoms with Gasteiger partial charge in [0, 0.05) is 44.5 Å². The van der Waals surface area contributed by atoms with Crippen LogP contribution in [-0.4, -0.2) is 49.6 Å². The molecule has 0 radical (unpaired) electrons. The van der Waals surface area contributed by atoms with E-state index in [1.54, 1.807) is 7.11 Å². The fourth-order valence-corrected chi connectivity index (χ4v) is 3.40. The first-order chi connectivity index (χ1) is 12.7. The molecule has 146 valence electrons. The van der Waals surface area contributed by atoms with Crippen LogP contribution in [0.4, 0.5) is 0 Å². The maximum atomic E-state index is 5.25. The SMILES string of the molecule is CN=C(NCCc1ccc(C)nc1)N1CCC(c2ccc(OC)cc2)C1.I. The topological polar surface area (TPSA) is 49.8 Å². The van der Waals surface area contributed by atoms with Gasteiger partial charge < -0.3 is 15.0 Å². The maximum absolute atomic E-state index is 5.25. The summed E-state index contributed by atoms with van der Waals surface area (Å²) in [6, 6.07) is 12.6. The van der Waals surface area contributed by atoms with Crippen LogP contribution >= 0.6 is 24.0 Å². The van der Waals surface area contributed by atoms with Gasteiger partial charge in [-0.3, -0.25) is 9.98 Å². The van der Waals surface area contributed by atoms with Gasteiger partial charge in [0.15, 0.2) is 5.96 Å². The van der Waals surface area contributed by atoms with Crippen molar-refractivity contribution >= 4 is 29.9 Å². The Labute approximate surface area is 179 Å². The molecule has 1 aliphatic rings. The first-order valence-electron chi connectivity index (χ1n) is 9.20. The highest BCUT2D eigenvalue weighted by Crippen LogP contribution is 2.28. The molecule has 0 amide bonds. The number of nitrogens with zero attached hydrogens (tertiary/aromatic N) is 3. The molecule has 2 heterocycles. The van der Waals surface area contributed by atoms with Crippen molar-refractivity contribution in [1.29, 1.82) is 0 Å². The Bertz CT molecular complexity index is 731. The molecular weight excluding hydrogens is 451 g/mol. The lowest BCUT2D eigenvalue weighted by molar-refractivity contribution is 0.414. The van der Waals surface area contributed by atoms with Crippen molar-refractivity contribution in [2.75, 3.05) is 33.8 Å². The van der Waals surface area contributed by atoms with Crippen molar-refractivity contribution in [1.82, 2.24) is 15.2 Å². The molecule has 27 heavy (non-hydrogen) atoms. The lowest BCUT2D eigenvalue weighted by Crippen LogP contribution is -2.40. The summed E-state index contributed by atoms with van der Waals surface area (Å²) in [5.41, 5.74) is 3.67. The number of aliphatic imine (C=N–C) groups is 1. The molecule has 0 bridgehead atoms. The summed E-state index contributed by atoms with van der Waals surface area (Å²) >= 11 is 0. The van der Waals surface area contributed by atoms with E-state index in [1.807, 2.05) is 32.3 Å². The van der Waals surface area contributed by atoms with Gasteiger partial charge in [0.05, 0.1) is 7.11 Å². The molecule has 1 unspecified atom stereocenters. The van der Waals surface area contributed by atoms with Crippen molar-refractivity contribution < 1.29 is 4.74 Å². The average Bonchev–Trinajstić information content (AvgIpc) is 3.17. The van der Waals surface area contributed by atoms with E-state index in [-0.39, 0.29) is 24.0 Å². The van der Waals surface area contributed by atoms with Crippen molar-refractivity contribution in [3.05, 3.63) is 59.4 Å². The third-order valence-corrected chi connectivity index (χ3v) is 4.96. The fourth-order valence-electron chi connectivity index (χ4n) is 3.40. The van der Waals surface area contributed by atoms with Crippen molar-refractivity contribution in [2.45, 2.75) is 25.7 Å². The maximum Gasteiger partial charge on any atom is 0.193 e. The van der Waals surface area contributed by atoms with E-state index in [0.717, 1.165) is 49.9 Å². The standard InChI is InChI=1S/C21H28N4O.HI/c1-16-4-5-17(14-24-16)10-12-23-21(22-2)25-13-11-19(15-25)18-6-8-20(26-3)9-7-18;/h4-9,14,19H,10-13,15H2,1-3H3,(H,22,23);1H. The fraction of sp³-hybridized carbons (Fsp3) is 0.429. The number of hydrogen-bond donors (Lipinski definition) is 1. The lowest BCUT2D eigenvalue weighted by atomic mass is 9.98. The van der Waals surface area contributed by atoms with Crippen molar-refractivity contribution in [3.63, 3.8) is 0 Å². The second-order valence-corrected chi connectivity index (χ2v) is 6.74. The number of halogens is 1. The van der Waals surface area contributed by atoms with Crippen LogP contribution in [0.25, 0.3) is 0 Å². The smallest absolute Gasteiger partial charge is 0.193 e. The highest BCUT2D eigenvalue weighted by atomic mass is 127. The Morgan fingerprint density at radius 2 is 2.04 bits per heavy atom. The van der Waals surface area contributed by atoms with Crippen LogP contribution in [0.3, 0.4) is 0 Å². The number of likely N-dealkylation sites (tertiary alicyclic amines) is 1. The number of benzene rings is 1. The first kappa shape index (κ1) is 21.5. The highest BCUT2D eigenvalue weighted by Gasteiger charge is 2.25. The minimum Gasteiger partial charge on any atom is -0.497 e. The highest BCUT2D eigenvalue weighted by molar-refractivity contribution is 14.0. The molecule has 1 atom stereocenters. The molecule has 1 saturated heterocycles. The van der Waals surface area contributed by atoms with Gasteiger partial charge in [0.25, 0.3) is 0 Å². The normalized spacial score (nSPS) is 16.8. The molecule has 3 rings (SSSR count).